The van der Waals surface area contributed by atoms with Gasteiger partial charge in [-0.05, 0) is 102 Å². The van der Waals surface area contributed by atoms with Crippen molar-refractivity contribution in [2.24, 2.45) is 11.3 Å². The van der Waals surface area contributed by atoms with E-state index in [1.165, 1.54) is 83.9 Å². The molecule has 3 saturated heterocycles. The Bertz CT molecular complexity index is 1110. The van der Waals surface area contributed by atoms with Gasteiger partial charge in [0.25, 0.3) is 0 Å². The fraction of sp³-hybridized carbons (Fsp3) is 0.714. The van der Waals surface area contributed by atoms with Crippen LogP contribution in [0.1, 0.15) is 74.3 Å². The first-order valence-corrected chi connectivity index (χ1v) is 14.6. The number of hydrogen-bond donors (Lipinski definition) is 3. The van der Waals surface area contributed by atoms with E-state index in [-0.39, 0.29) is 11.5 Å². The van der Waals surface area contributed by atoms with E-state index in [1.807, 2.05) is 10.9 Å². The van der Waals surface area contributed by atoms with Crippen LogP contribution in [0.3, 0.4) is 0 Å². The van der Waals surface area contributed by atoms with Gasteiger partial charge in [-0.3, -0.25) is 4.68 Å². The second-order valence-corrected chi connectivity index (χ2v) is 12.2. The maximum absolute atomic E-state index is 11.3. The molecule has 0 radical (unpaired) electrons. The van der Waals surface area contributed by atoms with Crippen molar-refractivity contribution in [2.45, 2.75) is 69.9 Å². The van der Waals surface area contributed by atoms with E-state index >= 15 is 0 Å². The quantitative estimate of drug-likeness (QED) is 0.503. The zero-order chi connectivity index (χ0) is 26.1. The number of rotatable bonds is 7. The number of carbonyl (C=O) groups is 1. The number of aromatic nitrogens is 4. The van der Waals surface area contributed by atoms with Crippen molar-refractivity contribution in [3.05, 3.63) is 24.3 Å². The van der Waals surface area contributed by atoms with E-state index in [2.05, 4.69) is 30.2 Å². The SMILES string of the molecule is Nc1ncc(-c2cnn(C3CCN(CCC4CCN(C5CC6(CCNCC6)C5)CC4)CC3)c2)nc1C(=O)O. The fourth-order valence-electron chi connectivity index (χ4n) is 7.31. The number of anilines is 1. The van der Waals surface area contributed by atoms with Crippen molar-refractivity contribution >= 4 is 11.8 Å². The van der Waals surface area contributed by atoms with Crippen LogP contribution in [-0.4, -0.2) is 92.5 Å². The molecule has 10 nitrogen and oxygen atoms in total. The van der Waals surface area contributed by atoms with Gasteiger partial charge in [0.2, 0.25) is 0 Å². The third-order valence-electron chi connectivity index (χ3n) is 9.85. The first kappa shape index (κ1) is 25.7. The molecule has 0 unspecified atom stereocenters. The predicted octanol–water partition coefficient (Wildman–Crippen LogP) is 2.89. The van der Waals surface area contributed by atoms with Crippen LogP contribution >= 0.6 is 0 Å². The van der Waals surface area contributed by atoms with E-state index in [1.54, 1.807) is 6.20 Å². The summed E-state index contributed by atoms with van der Waals surface area (Å²) in [6.07, 6.45) is 17.1. The molecule has 0 atom stereocenters. The molecule has 1 spiro atoms. The Balaban J connectivity index is 0.919. The first-order chi connectivity index (χ1) is 18.5. The van der Waals surface area contributed by atoms with E-state index in [0.29, 0.717) is 17.2 Å². The Morgan fingerprint density at radius 2 is 1.79 bits per heavy atom. The summed E-state index contributed by atoms with van der Waals surface area (Å²) in [6, 6.07) is 1.22. The van der Waals surface area contributed by atoms with Gasteiger partial charge in [-0.25, -0.2) is 14.8 Å². The molecular formula is C28H42N8O2. The molecule has 1 aliphatic carbocycles. The van der Waals surface area contributed by atoms with E-state index in [4.69, 9.17) is 5.73 Å². The van der Waals surface area contributed by atoms with Crippen LogP contribution in [-0.2, 0) is 0 Å². The standard InChI is InChI=1S/C28H42N8O2/c29-26-25(27(37)38)33-24(18-31-26)21-17-32-36(19-21)22-4-11-34(12-5-22)10-1-20-2-13-35(14-3-20)23-15-28(16-23)6-8-30-9-7-28/h17-20,22-23,30H,1-16H2,(H2,29,31)(H,37,38). The number of nitrogen functional groups attached to an aromatic ring is 1. The van der Waals surface area contributed by atoms with Crippen LogP contribution in [0.5, 0.6) is 0 Å². The van der Waals surface area contributed by atoms with Gasteiger partial charge in [-0.1, -0.05) is 0 Å². The second-order valence-electron chi connectivity index (χ2n) is 12.2. The van der Waals surface area contributed by atoms with Gasteiger partial charge in [-0.15, -0.1) is 0 Å². The van der Waals surface area contributed by atoms with Crippen LogP contribution in [0.25, 0.3) is 11.3 Å². The smallest absolute Gasteiger partial charge is 0.358 e. The lowest BCUT2D eigenvalue weighted by Gasteiger charge is -2.55. The average Bonchev–Trinajstić information content (AvgIpc) is 3.42. The summed E-state index contributed by atoms with van der Waals surface area (Å²) in [5, 5.41) is 17.4. The molecule has 0 aromatic carbocycles. The molecule has 4 N–H and O–H groups in total. The van der Waals surface area contributed by atoms with Crippen LogP contribution in [0.2, 0.25) is 0 Å². The molecule has 1 saturated carbocycles. The molecular weight excluding hydrogens is 480 g/mol. The lowest BCUT2D eigenvalue weighted by atomic mass is 9.60. The van der Waals surface area contributed by atoms with E-state index < -0.39 is 5.97 Å². The Hall–Kier alpha value is -2.56. The summed E-state index contributed by atoms with van der Waals surface area (Å²) in [5.41, 5.74) is 7.35. The Morgan fingerprint density at radius 3 is 2.50 bits per heavy atom. The van der Waals surface area contributed by atoms with E-state index in [0.717, 1.165) is 43.5 Å². The number of nitrogens with one attached hydrogen (secondary N) is 1. The monoisotopic (exact) mass is 522 g/mol. The molecule has 4 aliphatic rings. The third kappa shape index (κ3) is 5.44. The number of hydrogen-bond acceptors (Lipinski definition) is 8. The minimum Gasteiger partial charge on any atom is -0.476 e. The van der Waals surface area contributed by atoms with Crippen LogP contribution in [0, 0.1) is 11.3 Å². The number of likely N-dealkylation sites (tertiary alicyclic amines) is 2. The Kier molecular flexibility index (Phi) is 7.37. The normalized spacial score (nSPS) is 24.0. The summed E-state index contributed by atoms with van der Waals surface area (Å²) in [7, 11) is 0. The topological polar surface area (TPSA) is 125 Å². The molecule has 2 aromatic rings. The van der Waals surface area contributed by atoms with E-state index in [9.17, 15) is 9.90 Å². The van der Waals surface area contributed by atoms with Crippen LogP contribution < -0.4 is 11.1 Å². The number of piperidine rings is 3. The Morgan fingerprint density at radius 1 is 1.05 bits per heavy atom. The van der Waals surface area contributed by atoms with Crippen molar-refractivity contribution in [3.8, 4) is 11.3 Å². The second kappa shape index (κ2) is 10.9. The summed E-state index contributed by atoms with van der Waals surface area (Å²) < 4.78 is 2.01. The lowest BCUT2D eigenvalue weighted by molar-refractivity contribution is -0.0336. The molecule has 3 aliphatic heterocycles. The van der Waals surface area contributed by atoms with Gasteiger partial charge < -0.3 is 26.0 Å². The van der Waals surface area contributed by atoms with Gasteiger partial charge in [0.05, 0.1) is 24.1 Å². The molecule has 6 rings (SSSR count). The van der Waals surface area contributed by atoms with Crippen molar-refractivity contribution in [2.75, 3.05) is 51.5 Å². The minimum absolute atomic E-state index is 0.0736. The van der Waals surface area contributed by atoms with Gasteiger partial charge in [0.1, 0.15) is 0 Å². The Labute approximate surface area is 225 Å². The summed E-state index contributed by atoms with van der Waals surface area (Å²) in [4.78, 5) is 24.9. The number of nitrogens with zero attached hydrogens (tertiary/aromatic N) is 6. The molecule has 0 bridgehead atoms. The number of aromatic carboxylic acids is 1. The number of carboxylic acid groups (broad SMARTS) is 1. The fourth-order valence-corrected chi connectivity index (χ4v) is 7.31. The van der Waals surface area contributed by atoms with Crippen molar-refractivity contribution < 1.29 is 9.90 Å². The molecule has 5 heterocycles. The van der Waals surface area contributed by atoms with Gasteiger partial charge in [0.15, 0.2) is 11.5 Å². The molecule has 38 heavy (non-hydrogen) atoms. The van der Waals surface area contributed by atoms with Gasteiger partial charge in [-0.2, -0.15) is 5.10 Å². The van der Waals surface area contributed by atoms with Crippen LogP contribution in [0.4, 0.5) is 5.82 Å². The molecule has 10 heteroatoms. The van der Waals surface area contributed by atoms with Gasteiger partial charge >= 0.3 is 5.97 Å². The minimum atomic E-state index is -1.17. The highest BCUT2D eigenvalue weighted by Gasteiger charge is 2.46. The third-order valence-corrected chi connectivity index (χ3v) is 9.85. The maximum atomic E-state index is 11.3. The van der Waals surface area contributed by atoms with Crippen LogP contribution in [0.15, 0.2) is 18.6 Å². The summed E-state index contributed by atoms with van der Waals surface area (Å²) in [5.74, 6) is -0.371. The summed E-state index contributed by atoms with van der Waals surface area (Å²) >= 11 is 0. The zero-order valence-corrected chi connectivity index (χ0v) is 22.4. The molecule has 0 amide bonds. The van der Waals surface area contributed by atoms with Crippen molar-refractivity contribution in [1.29, 1.82) is 0 Å². The van der Waals surface area contributed by atoms with Gasteiger partial charge in [0, 0.05) is 30.9 Å². The highest BCUT2D eigenvalue weighted by Crippen LogP contribution is 2.50. The highest BCUT2D eigenvalue weighted by molar-refractivity contribution is 5.90. The predicted molar refractivity (Wildman–Crippen MR) is 146 cm³/mol. The largest absolute Gasteiger partial charge is 0.476 e. The maximum Gasteiger partial charge on any atom is 0.358 e. The number of nitrogens with two attached hydrogens (primary N) is 1. The first-order valence-electron chi connectivity index (χ1n) is 14.6. The zero-order valence-electron chi connectivity index (χ0n) is 22.4. The average molecular weight is 523 g/mol. The van der Waals surface area contributed by atoms with Crippen molar-refractivity contribution in [3.63, 3.8) is 0 Å². The number of carboxylic acids is 1. The molecule has 2 aromatic heterocycles. The highest BCUT2D eigenvalue weighted by atomic mass is 16.4. The molecule has 4 fully saturated rings. The lowest BCUT2D eigenvalue weighted by Crippen LogP contribution is -2.56. The summed E-state index contributed by atoms with van der Waals surface area (Å²) in [6.45, 7) is 8.47. The molecule has 206 valence electrons. The van der Waals surface area contributed by atoms with Crippen molar-refractivity contribution in [1.82, 2.24) is 34.9 Å².